The number of benzene rings is 1. The van der Waals surface area contributed by atoms with Crippen molar-refractivity contribution in [3.05, 3.63) is 41.0 Å². The third kappa shape index (κ3) is 6.50. The van der Waals surface area contributed by atoms with Gasteiger partial charge >= 0.3 is 0 Å². The highest BCUT2D eigenvalue weighted by Gasteiger charge is 2.47. The lowest BCUT2D eigenvalue weighted by molar-refractivity contribution is -0.148. The number of β-amino-alcohol motifs (C(OH)–C–C–N with tert-alkyl or cyclic N) is 1. The summed E-state index contributed by atoms with van der Waals surface area (Å²) in [5.41, 5.74) is 10.0. The molecule has 3 heterocycles. The van der Waals surface area contributed by atoms with Crippen LogP contribution in [0.3, 0.4) is 0 Å². The lowest BCUT2D eigenvalue weighted by Gasteiger charge is -2.44. The zero-order valence-corrected chi connectivity index (χ0v) is 24.3. The largest absolute Gasteiger partial charge is 0.391 e. The van der Waals surface area contributed by atoms with Crippen LogP contribution in [0.25, 0.3) is 10.4 Å². The highest BCUT2D eigenvalue weighted by atomic mass is 32.1. The molecule has 0 spiro atoms. The van der Waals surface area contributed by atoms with Gasteiger partial charge < -0.3 is 21.1 Å². The van der Waals surface area contributed by atoms with Crippen molar-refractivity contribution in [2.24, 2.45) is 17.1 Å². The number of nitrogens with zero attached hydrogens (tertiary/aromatic N) is 3. The van der Waals surface area contributed by atoms with Crippen molar-refractivity contribution in [3.63, 3.8) is 0 Å². The minimum Gasteiger partial charge on any atom is -0.391 e. The second-order valence-electron chi connectivity index (χ2n) is 12.0. The monoisotopic (exact) mass is 555 g/mol. The highest BCUT2D eigenvalue weighted by molar-refractivity contribution is 7.13. The number of primary amides is 1. The third-order valence-corrected chi connectivity index (χ3v) is 8.89. The van der Waals surface area contributed by atoms with Crippen LogP contribution in [0.4, 0.5) is 0 Å². The Kier molecular flexibility index (Phi) is 8.78. The average molecular weight is 556 g/mol. The standard InChI is InChI=1S/C29H41N5O4S/c1-17(19-8-10-20(11-9-19)24-18(2)31-16-39-24)32-27(37)23-13-22(35)15-34(23)28(38)25(29(3,4)5)33-12-6-7-21(14-33)26(30)36/h8-11,16-17,21-23,25,35H,6-7,12-15H2,1-5H3,(H2,30,36)(H,32,37)/t17-,21?,22+,23-,25+/m0/s1. The van der Waals surface area contributed by atoms with E-state index in [4.69, 9.17) is 5.73 Å². The molecule has 10 heteroatoms. The van der Waals surface area contributed by atoms with Crippen LogP contribution in [0.2, 0.25) is 0 Å². The number of amides is 3. The second-order valence-corrected chi connectivity index (χ2v) is 12.9. The molecule has 2 aliphatic heterocycles. The first-order valence-electron chi connectivity index (χ1n) is 13.7. The molecule has 4 N–H and O–H groups in total. The number of aliphatic hydroxyl groups is 1. The van der Waals surface area contributed by atoms with Crippen molar-refractivity contribution >= 4 is 29.1 Å². The predicted molar refractivity (Wildman–Crippen MR) is 152 cm³/mol. The van der Waals surface area contributed by atoms with Crippen LogP contribution < -0.4 is 11.1 Å². The molecule has 0 saturated carbocycles. The molecule has 9 nitrogen and oxygen atoms in total. The molecule has 212 valence electrons. The maximum Gasteiger partial charge on any atom is 0.243 e. The molecule has 5 atom stereocenters. The summed E-state index contributed by atoms with van der Waals surface area (Å²) in [6.45, 7) is 11.1. The molecule has 2 saturated heterocycles. The van der Waals surface area contributed by atoms with Gasteiger partial charge in [0.15, 0.2) is 0 Å². The molecule has 1 aromatic heterocycles. The molecule has 2 aliphatic rings. The topological polar surface area (TPSA) is 129 Å². The summed E-state index contributed by atoms with van der Waals surface area (Å²) in [4.78, 5) is 48.4. The second kappa shape index (κ2) is 11.7. The van der Waals surface area contributed by atoms with E-state index in [9.17, 15) is 19.5 Å². The molecule has 4 rings (SSSR count). The maximum absolute atomic E-state index is 14.0. The van der Waals surface area contributed by atoms with Crippen molar-refractivity contribution in [1.29, 1.82) is 0 Å². The van der Waals surface area contributed by atoms with Gasteiger partial charge in [0.1, 0.15) is 6.04 Å². The van der Waals surface area contributed by atoms with Gasteiger partial charge in [-0.15, -0.1) is 11.3 Å². The molecule has 1 unspecified atom stereocenters. The normalized spacial score (nSPS) is 23.8. The fourth-order valence-corrected chi connectivity index (χ4v) is 6.72. The Bertz CT molecular complexity index is 1190. The number of hydrogen-bond acceptors (Lipinski definition) is 7. The van der Waals surface area contributed by atoms with Crippen molar-refractivity contribution in [1.82, 2.24) is 20.1 Å². The first-order chi connectivity index (χ1) is 18.4. The van der Waals surface area contributed by atoms with Gasteiger partial charge in [-0.2, -0.15) is 0 Å². The summed E-state index contributed by atoms with van der Waals surface area (Å²) in [6, 6.07) is 6.45. The number of aromatic nitrogens is 1. The van der Waals surface area contributed by atoms with E-state index in [1.165, 1.54) is 4.90 Å². The van der Waals surface area contributed by atoms with Gasteiger partial charge in [-0.1, -0.05) is 45.0 Å². The summed E-state index contributed by atoms with van der Waals surface area (Å²) >= 11 is 1.59. The summed E-state index contributed by atoms with van der Waals surface area (Å²) in [5, 5.41) is 13.6. The van der Waals surface area contributed by atoms with Crippen LogP contribution in [0, 0.1) is 18.3 Å². The number of carbonyl (C=O) groups is 3. The van der Waals surface area contributed by atoms with Crippen molar-refractivity contribution in [2.75, 3.05) is 19.6 Å². The molecule has 1 aromatic carbocycles. The van der Waals surface area contributed by atoms with E-state index >= 15 is 0 Å². The number of likely N-dealkylation sites (tertiary alicyclic amines) is 2. The number of nitrogens with two attached hydrogens (primary N) is 1. The molecule has 3 amide bonds. The van der Waals surface area contributed by atoms with E-state index in [-0.39, 0.29) is 42.6 Å². The average Bonchev–Trinajstić information content (AvgIpc) is 3.49. The highest BCUT2D eigenvalue weighted by Crippen LogP contribution is 2.33. The summed E-state index contributed by atoms with van der Waals surface area (Å²) in [7, 11) is 0. The zero-order valence-electron chi connectivity index (χ0n) is 23.5. The SMILES string of the molecule is Cc1ncsc1-c1ccc([C@H](C)NC(=O)[C@@H]2C[C@@H](O)CN2C(=O)[C@@H](N2CCCC(C(N)=O)C2)C(C)(C)C)cc1. The third-order valence-electron chi connectivity index (χ3n) is 7.92. The Balaban J connectivity index is 1.48. The van der Waals surface area contributed by atoms with Crippen molar-refractivity contribution < 1.29 is 19.5 Å². The smallest absolute Gasteiger partial charge is 0.243 e. The summed E-state index contributed by atoms with van der Waals surface area (Å²) in [6.07, 6.45) is 0.905. The van der Waals surface area contributed by atoms with Crippen LogP contribution >= 0.6 is 11.3 Å². The first-order valence-corrected chi connectivity index (χ1v) is 14.6. The summed E-state index contributed by atoms with van der Waals surface area (Å²) in [5.74, 6) is -1.12. The van der Waals surface area contributed by atoms with Crippen LogP contribution in [0.1, 0.15) is 64.3 Å². The van der Waals surface area contributed by atoms with Crippen molar-refractivity contribution in [3.8, 4) is 10.4 Å². The Hall–Kier alpha value is -2.82. The van der Waals surface area contributed by atoms with Crippen LogP contribution in [-0.4, -0.2) is 75.4 Å². The number of carbonyl (C=O) groups excluding carboxylic acids is 3. The molecule has 0 radical (unpaired) electrons. The van der Waals surface area contributed by atoms with Gasteiger partial charge in [-0.05, 0) is 49.8 Å². The van der Waals surface area contributed by atoms with Gasteiger partial charge in [0.05, 0.1) is 40.2 Å². The summed E-state index contributed by atoms with van der Waals surface area (Å²) < 4.78 is 0. The van der Waals surface area contributed by atoms with E-state index < -0.39 is 23.6 Å². The van der Waals surface area contributed by atoms with Crippen LogP contribution in [0.15, 0.2) is 29.8 Å². The first kappa shape index (κ1) is 29.2. The molecular weight excluding hydrogens is 514 g/mol. The molecule has 39 heavy (non-hydrogen) atoms. The van der Waals surface area contributed by atoms with Crippen LogP contribution in [-0.2, 0) is 14.4 Å². The number of aryl methyl sites for hydroxylation is 1. The Morgan fingerprint density at radius 3 is 2.46 bits per heavy atom. The fraction of sp³-hybridized carbons (Fsp3) is 0.586. The van der Waals surface area contributed by atoms with Crippen molar-refractivity contribution in [2.45, 2.75) is 78.1 Å². The molecule has 0 bridgehead atoms. The lowest BCUT2D eigenvalue weighted by Crippen LogP contribution is -2.60. The number of aliphatic hydroxyl groups excluding tert-OH is 1. The number of rotatable bonds is 7. The van der Waals surface area contributed by atoms with E-state index in [1.807, 2.05) is 69.3 Å². The zero-order chi connectivity index (χ0) is 28.5. The van der Waals surface area contributed by atoms with Gasteiger partial charge in [0, 0.05) is 19.5 Å². The number of thiazole rings is 1. The number of nitrogens with one attached hydrogen (secondary N) is 1. The van der Waals surface area contributed by atoms with E-state index in [0.29, 0.717) is 19.5 Å². The predicted octanol–water partition coefficient (Wildman–Crippen LogP) is 2.87. The maximum atomic E-state index is 14.0. The number of piperidine rings is 1. The quantitative estimate of drug-likeness (QED) is 0.482. The molecular formula is C29H41N5O4S. The van der Waals surface area contributed by atoms with Gasteiger partial charge in [-0.25, -0.2) is 4.98 Å². The lowest BCUT2D eigenvalue weighted by atomic mass is 9.82. The van der Waals surface area contributed by atoms with E-state index in [2.05, 4.69) is 10.3 Å². The van der Waals surface area contributed by atoms with E-state index in [1.54, 1.807) is 11.3 Å². The number of hydrogen-bond donors (Lipinski definition) is 3. The minimum atomic E-state index is -0.776. The Labute approximate surface area is 234 Å². The minimum absolute atomic E-state index is 0.105. The van der Waals surface area contributed by atoms with E-state index in [0.717, 1.165) is 28.1 Å². The van der Waals surface area contributed by atoms with Crippen LogP contribution in [0.5, 0.6) is 0 Å². The molecule has 2 fully saturated rings. The fourth-order valence-electron chi connectivity index (χ4n) is 5.91. The van der Waals surface area contributed by atoms with Gasteiger partial charge in [0.25, 0.3) is 0 Å². The Morgan fingerprint density at radius 2 is 1.87 bits per heavy atom. The van der Waals surface area contributed by atoms with Gasteiger partial charge in [0.2, 0.25) is 17.7 Å². The molecule has 0 aliphatic carbocycles. The van der Waals surface area contributed by atoms with Gasteiger partial charge in [-0.3, -0.25) is 19.3 Å². The Morgan fingerprint density at radius 1 is 1.18 bits per heavy atom. The molecule has 2 aromatic rings.